The van der Waals surface area contributed by atoms with Crippen molar-refractivity contribution in [3.05, 3.63) is 35.5 Å². The Balaban J connectivity index is 1.32. The molecule has 3 heterocycles. The van der Waals surface area contributed by atoms with E-state index < -0.39 is 0 Å². The van der Waals surface area contributed by atoms with Crippen molar-refractivity contribution in [1.82, 2.24) is 20.0 Å². The van der Waals surface area contributed by atoms with Crippen molar-refractivity contribution in [2.75, 3.05) is 19.6 Å². The van der Waals surface area contributed by atoms with Crippen LogP contribution in [0.5, 0.6) is 5.75 Å². The molecule has 0 radical (unpaired) electrons. The second kappa shape index (κ2) is 8.99. The number of amides is 1. The summed E-state index contributed by atoms with van der Waals surface area (Å²) >= 11 is 0. The van der Waals surface area contributed by atoms with Gasteiger partial charge in [-0.05, 0) is 51.3 Å². The van der Waals surface area contributed by atoms with Crippen LogP contribution in [-0.4, -0.2) is 46.3 Å². The molecule has 6 heteroatoms. The highest BCUT2D eigenvalue weighted by Gasteiger charge is 2.23. The van der Waals surface area contributed by atoms with Gasteiger partial charge >= 0.3 is 0 Å². The molecule has 1 aromatic carbocycles. The topological polar surface area (TPSA) is 59.4 Å². The number of carbonyl (C=O) groups excluding carboxylic acids is 1. The lowest BCUT2D eigenvalue weighted by Gasteiger charge is -2.35. The Morgan fingerprint density at radius 2 is 2.24 bits per heavy atom. The molecule has 1 amide bonds. The number of carbonyl (C=O) groups is 1. The molecule has 0 unspecified atom stereocenters. The summed E-state index contributed by atoms with van der Waals surface area (Å²) in [7, 11) is 0. The zero-order valence-corrected chi connectivity index (χ0v) is 17.6. The fraction of sp³-hybridized carbons (Fsp3) is 0.565. The van der Waals surface area contributed by atoms with Gasteiger partial charge in [0.1, 0.15) is 18.9 Å². The highest BCUT2D eigenvalue weighted by Crippen LogP contribution is 2.37. The lowest BCUT2D eigenvalue weighted by atomic mass is 10.00. The molecule has 1 atom stereocenters. The summed E-state index contributed by atoms with van der Waals surface area (Å²) in [6, 6.07) is 6.87. The molecule has 1 saturated heterocycles. The molecular formula is C23H32N4O2. The minimum absolute atomic E-state index is 0.0160. The Morgan fingerprint density at radius 3 is 3.10 bits per heavy atom. The lowest BCUT2D eigenvalue weighted by molar-refractivity contribution is -0.121. The molecule has 6 nitrogen and oxygen atoms in total. The number of aryl methyl sites for hydroxylation is 1. The fourth-order valence-corrected chi connectivity index (χ4v) is 4.59. The maximum atomic E-state index is 12.5. The van der Waals surface area contributed by atoms with E-state index in [9.17, 15) is 4.79 Å². The zero-order valence-electron chi connectivity index (χ0n) is 17.6. The van der Waals surface area contributed by atoms with E-state index >= 15 is 0 Å². The largest absolute Gasteiger partial charge is 0.488 e. The number of piperidine rings is 1. The van der Waals surface area contributed by atoms with Crippen molar-refractivity contribution < 1.29 is 9.53 Å². The van der Waals surface area contributed by atoms with E-state index in [1.54, 1.807) is 0 Å². The molecule has 1 aromatic heterocycles. The van der Waals surface area contributed by atoms with Crippen LogP contribution in [-0.2, 0) is 17.9 Å². The third-order valence-electron chi connectivity index (χ3n) is 6.15. The molecular weight excluding hydrogens is 364 g/mol. The molecule has 1 N–H and O–H groups in total. The number of rotatable bonds is 7. The van der Waals surface area contributed by atoms with Gasteiger partial charge in [0.15, 0.2) is 0 Å². The first-order valence-electron chi connectivity index (χ1n) is 10.9. The second-order valence-corrected chi connectivity index (χ2v) is 8.26. The first kappa shape index (κ1) is 20.0. The van der Waals surface area contributed by atoms with Gasteiger partial charge in [0, 0.05) is 30.3 Å². The average molecular weight is 397 g/mol. The number of likely N-dealkylation sites (tertiary alicyclic amines) is 1. The molecule has 4 rings (SSSR count). The summed E-state index contributed by atoms with van der Waals surface area (Å²) < 4.78 is 7.63. The Labute approximate surface area is 173 Å². The van der Waals surface area contributed by atoms with Crippen LogP contribution in [0.25, 0.3) is 11.3 Å². The monoisotopic (exact) mass is 396 g/mol. The number of fused-ring (bicyclic) bond motifs is 3. The normalized spacial score (nSPS) is 18.6. The van der Waals surface area contributed by atoms with Crippen LogP contribution in [0.2, 0.25) is 0 Å². The van der Waals surface area contributed by atoms with Crippen LogP contribution in [0.3, 0.4) is 0 Å². The molecule has 0 bridgehead atoms. The second-order valence-electron chi connectivity index (χ2n) is 8.26. The van der Waals surface area contributed by atoms with Crippen LogP contribution in [0.4, 0.5) is 0 Å². The smallest absolute Gasteiger partial charge is 0.241 e. The molecule has 1 fully saturated rings. The van der Waals surface area contributed by atoms with Gasteiger partial charge in [-0.25, -0.2) is 0 Å². The fourth-order valence-electron chi connectivity index (χ4n) is 4.59. The van der Waals surface area contributed by atoms with Crippen molar-refractivity contribution >= 4 is 5.91 Å². The van der Waals surface area contributed by atoms with E-state index in [0.717, 1.165) is 41.6 Å². The predicted molar refractivity (Wildman–Crippen MR) is 114 cm³/mol. The number of nitrogens with zero attached hydrogens (tertiary/aromatic N) is 3. The van der Waals surface area contributed by atoms with E-state index in [1.165, 1.54) is 37.8 Å². The van der Waals surface area contributed by atoms with E-state index in [4.69, 9.17) is 4.74 Å². The van der Waals surface area contributed by atoms with Gasteiger partial charge in [-0.15, -0.1) is 0 Å². The molecule has 0 saturated carbocycles. The first-order chi connectivity index (χ1) is 14.2. The molecule has 156 valence electrons. The number of ether oxygens (including phenoxy) is 1. The van der Waals surface area contributed by atoms with Crippen molar-refractivity contribution in [1.29, 1.82) is 0 Å². The van der Waals surface area contributed by atoms with Crippen LogP contribution in [0.15, 0.2) is 24.4 Å². The van der Waals surface area contributed by atoms with Crippen LogP contribution >= 0.6 is 0 Å². The number of hydrogen-bond acceptors (Lipinski definition) is 4. The van der Waals surface area contributed by atoms with E-state index in [2.05, 4.69) is 35.2 Å². The molecule has 0 spiro atoms. The average Bonchev–Trinajstić information content (AvgIpc) is 3.14. The summed E-state index contributed by atoms with van der Waals surface area (Å²) in [5.74, 6) is 0.875. The first-order valence-corrected chi connectivity index (χ1v) is 10.9. The van der Waals surface area contributed by atoms with Gasteiger partial charge in [-0.3, -0.25) is 9.48 Å². The quantitative estimate of drug-likeness (QED) is 0.728. The van der Waals surface area contributed by atoms with Gasteiger partial charge in [0.05, 0.1) is 11.9 Å². The van der Waals surface area contributed by atoms with Gasteiger partial charge in [0.25, 0.3) is 0 Å². The van der Waals surface area contributed by atoms with Crippen LogP contribution in [0.1, 0.15) is 50.2 Å². The number of nitrogens with one attached hydrogen (secondary N) is 1. The van der Waals surface area contributed by atoms with E-state index in [-0.39, 0.29) is 12.5 Å². The van der Waals surface area contributed by atoms with E-state index in [0.29, 0.717) is 13.2 Å². The standard InChI is InChI=1S/C23H32N4O2/c1-3-19-7-4-5-11-26(19)12-6-10-24-22(28)15-27-23-18(14-25-27)16-29-21-9-8-17(2)13-20(21)23/h8-9,13-14,19H,3-7,10-12,15-16H2,1-2H3,(H,24,28)/t19-/m1/s1. The lowest BCUT2D eigenvalue weighted by Crippen LogP contribution is -2.40. The Morgan fingerprint density at radius 1 is 1.34 bits per heavy atom. The summed E-state index contributed by atoms with van der Waals surface area (Å²) in [6.45, 7) is 8.07. The predicted octanol–water partition coefficient (Wildman–Crippen LogP) is 3.52. The summed E-state index contributed by atoms with van der Waals surface area (Å²) in [6.07, 6.45) is 8.01. The third kappa shape index (κ3) is 4.47. The summed E-state index contributed by atoms with van der Waals surface area (Å²) in [5, 5.41) is 7.53. The van der Waals surface area contributed by atoms with E-state index in [1.807, 2.05) is 23.0 Å². The minimum atomic E-state index is 0.0160. The van der Waals surface area contributed by atoms with Crippen molar-refractivity contribution in [2.45, 2.75) is 65.1 Å². The Hall–Kier alpha value is -2.34. The van der Waals surface area contributed by atoms with Crippen LogP contribution < -0.4 is 10.1 Å². The Bertz CT molecular complexity index is 861. The highest BCUT2D eigenvalue weighted by molar-refractivity contribution is 5.78. The molecule has 0 aliphatic carbocycles. The number of hydrogen-bond donors (Lipinski definition) is 1. The van der Waals surface area contributed by atoms with Gasteiger partial charge in [-0.2, -0.15) is 5.10 Å². The van der Waals surface area contributed by atoms with Gasteiger partial charge in [0.2, 0.25) is 5.91 Å². The van der Waals surface area contributed by atoms with Crippen molar-refractivity contribution in [3.63, 3.8) is 0 Å². The minimum Gasteiger partial charge on any atom is -0.488 e. The molecule has 2 aliphatic heterocycles. The van der Waals surface area contributed by atoms with Crippen molar-refractivity contribution in [2.24, 2.45) is 0 Å². The maximum Gasteiger partial charge on any atom is 0.241 e. The summed E-state index contributed by atoms with van der Waals surface area (Å²) in [4.78, 5) is 15.1. The molecule has 2 aromatic rings. The Kier molecular flexibility index (Phi) is 6.19. The van der Waals surface area contributed by atoms with Gasteiger partial charge < -0.3 is 15.0 Å². The highest BCUT2D eigenvalue weighted by atomic mass is 16.5. The molecule has 29 heavy (non-hydrogen) atoms. The number of benzene rings is 1. The maximum absolute atomic E-state index is 12.5. The van der Waals surface area contributed by atoms with Gasteiger partial charge in [-0.1, -0.05) is 25.0 Å². The SMILES string of the molecule is CC[C@@H]1CCCCN1CCCNC(=O)Cn1ncc2c1-c1cc(C)ccc1OC2. The van der Waals surface area contributed by atoms with Crippen molar-refractivity contribution in [3.8, 4) is 17.0 Å². The number of aromatic nitrogens is 2. The third-order valence-corrected chi connectivity index (χ3v) is 6.15. The molecule has 2 aliphatic rings. The summed E-state index contributed by atoms with van der Waals surface area (Å²) in [5.41, 5.74) is 4.23. The van der Waals surface area contributed by atoms with Crippen LogP contribution in [0, 0.1) is 6.92 Å². The zero-order chi connectivity index (χ0) is 20.2.